The van der Waals surface area contributed by atoms with Gasteiger partial charge in [0.1, 0.15) is 0 Å². The Morgan fingerprint density at radius 1 is 1.10 bits per heavy atom. The summed E-state index contributed by atoms with van der Waals surface area (Å²) in [6.45, 7) is 3.59. The monoisotopic (exact) mass is 391 g/mol. The van der Waals surface area contributed by atoms with Gasteiger partial charge >= 0.3 is 0 Å². The van der Waals surface area contributed by atoms with Crippen LogP contribution >= 0.6 is 0 Å². The molecule has 2 aromatic carbocycles. The fraction of sp³-hybridized carbons (Fsp3) is 0.318. The molecule has 3 heterocycles. The van der Waals surface area contributed by atoms with Gasteiger partial charge in [0.05, 0.1) is 5.92 Å². The molecule has 1 unspecified atom stereocenters. The molecule has 0 radical (unpaired) electrons. The van der Waals surface area contributed by atoms with Crippen molar-refractivity contribution < 1.29 is 18.8 Å². The van der Waals surface area contributed by atoms with Crippen molar-refractivity contribution >= 4 is 5.91 Å². The molecule has 2 aliphatic rings. The van der Waals surface area contributed by atoms with E-state index < -0.39 is 0 Å². The Hall–Kier alpha value is -3.35. The van der Waals surface area contributed by atoms with Gasteiger partial charge in [0.25, 0.3) is 0 Å². The fourth-order valence-electron chi connectivity index (χ4n) is 3.73. The first kappa shape index (κ1) is 17.7. The Morgan fingerprint density at radius 2 is 1.93 bits per heavy atom. The molecule has 0 bridgehead atoms. The van der Waals surface area contributed by atoms with E-state index in [-0.39, 0.29) is 18.6 Å². The van der Waals surface area contributed by atoms with Crippen LogP contribution in [0.5, 0.6) is 11.5 Å². The summed E-state index contributed by atoms with van der Waals surface area (Å²) in [5.74, 6) is 2.43. The van der Waals surface area contributed by atoms with Crippen molar-refractivity contribution in [2.75, 3.05) is 19.9 Å². The zero-order chi connectivity index (χ0) is 19.8. The van der Waals surface area contributed by atoms with Crippen LogP contribution in [-0.2, 0) is 11.2 Å². The molecule has 1 fully saturated rings. The van der Waals surface area contributed by atoms with Gasteiger partial charge in [0, 0.05) is 25.1 Å². The normalized spacial score (nSPS) is 17.9. The highest BCUT2D eigenvalue weighted by atomic mass is 16.7. The van der Waals surface area contributed by atoms with Gasteiger partial charge in [-0.25, -0.2) is 0 Å². The fourth-order valence-corrected chi connectivity index (χ4v) is 3.73. The molecule has 0 aliphatic carbocycles. The molecule has 29 heavy (non-hydrogen) atoms. The predicted molar refractivity (Wildman–Crippen MR) is 105 cm³/mol. The van der Waals surface area contributed by atoms with Crippen molar-refractivity contribution in [1.29, 1.82) is 0 Å². The minimum atomic E-state index is -0.0734. The number of hydrogen-bond donors (Lipinski definition) is 0. The van der Waals surface area contributed by atoms with E-state index in [1.54, 1.807) is 0 Å². The van der Waals surface area contributed by atoms with E-state index in [0.717, 1.165) is 12.0 Å². The first-order valence-electron chi connectivity index (χ1n) is 9.72. The number of fused-ring (bicyclic) bond motifs is 1. The summed E-state index contributed by atoms with van der Waals surface area (Å²) in [5, 5.41) is 4.10. The number of amides is 1. The highest BCUT2D eigenvalue weighted by Gasteiger charge is 2.34. The third kappa shape index (κ3) is 3.55. The Kier molecular flexibility index (Phi) is 4.42. The molecule has 1 amide bonds. The number of ether oxygens (including phenoxy) is 2. The van der Waals surface area contributed by atoms with E-state index in [1.807, 2.05) is 23.1 Å². The number of likely N-dealkylation sites (tertiary alicyclic amines) is 1. The summed E-state index contributed by atoms with van der Waals surface area (Å²) in [5.41, 5.74) is 3.26. The topological polar surface area (TPSA) is 77.7 Å². The molecule has 1 atom stereocenters. The lowest BCUT2D eigenvalue weighted by Crippen LogP contribution is -2.27. The minimum Gasteiger partial charge on any atom is -0.454 e. The van der Waals surface area contributed by atoms with Crippen LogP contribution in [0.1, 0.15) is 29.4 Å². The van der Waals surface area contributed by atoms with Crippen LogP contribution in [0, 0.1) is 6.92 Å². The SMILES string of the molecule is Cc1ccc(CCN2CC(c3nc(-c4ccc5c(c4)OCO5)no3)CC2=O)cc1. The van der Waals surface area contributed by atoms with Crippen molar-refractivity contribution in [3.63, 3.8) is 0 Å². The molecule has 0 saturated carbocycles. The zero-order valence-electron chi connectivity index (χ0n) is 16.1. The van der Waals surface area contributed by atoms with Crippen LogP contribution in [0.25, 0.3) is 11.4 Å². The van der Waals surface area contributed by atoms with Crippen molar-refractivity contribution in [3.05, 3.63) is 59.5 Å². The lowest BCUT2D eigenvalue weighted by Gasteiger charge is -2.15. The third-order valence-corrected chi connectivity index (χ3v) is 5.43. The van der Waals surface area contributed by atoms with Gasteiger partial charge < -0.3 is 18.9 Å². The zero-order valence-corrected chi connectivity index (χ0v) is 16.1. The number of rotatable bonds is 5. The van der Waals surface area contributed by atoms with Crippen molar-refractivity contribution in [1.82, 2.24) is 15.0 Å². The number of carbonyl (C=O) groups is 1. The largest absolute Gasteiger partial charge is 0.454 e. The molecule has 5 rings (SSSR count). The van der Waals surface area contributed by atoms with Gasteiger partial charge in [0.15, 0.2) is 11.5 Å². The molecule has 1 aromatic heterocycles. The van der Waals surface area contributed by atoms with Crippen LogP contribution in [0.15, 0.2) is 47.0 Å². The molecule has 0 spiro atoms. The third-order valence-electron chi connectivity index (χ3n) is 5.43. The van der Waals surface area contributed by atoms with Crippen molar-refractivity contribution in [3.8, 4) is 22.9 Å². The molecule has 1 saturated heterocycles. The van der Waals surface area contributed by atoms with E-state index >= 15 is 0 Å². The Labute approximate surface area is 168 Å². The predicted octanol–water partition coefficient (Wildman–Crippen LogP) is 3.33. The van der Waals surface area contributed by atoms with Gasteiger partial charge in [-0.05, 0) is 37.1 Å². The molecule has 0 N–H and O–H groups in total. The quantitative estimate of drug-likeness (QED) is 0.664. The van der Waals surface area contributed by atoms with Gasteiger partial charge in [-0.1, -0.05) is 35.0 Å². The second-order valence-corrected chi connectivity index (χ2v) is 7.50. The van der Waals surface area contributed by atoms with E-state index in [2.05, 4.69) is 41.3 Å². The highest BCUT2D eigenvalue weighted by molar-refractivity contribution is 5.79. The number of aryl methyl sites for hydroxylation is 1. The first-order chi connectivity index (χ1) is 14.2. The van der Waals surface area contributed by atoms with E-state index in [1.165, 1.54) is 11.1 Å². The van der Waals surface area contributed by atoms with E-state index in [4.69, 9.17) is 14.0 Å². The second kappa shape index (κ2) is 7.24. The molecule has 7 nitrogen and oxygen atoms in total. The number of aromatic nitrogens is 2. The Bertz CT molecular complexity index is 1040. The maximum absolute atomic E-state index is 12.4. The number of nitrogens with zero attached hydrogens (tertiary/aromatic N) is 3. The molecule has 2 aliphatic heterocycles. The summed E-state index contributed by atoms with van der Waals surface area (Å²) in [6.07, 6.45) is 1.24. The van der Waals surface area contributed by atoms with Crippen molar-refractivity contribution in [2.24, 2.45) is 0 Å². The summed E-state index contributed by atoms with van der Waals surface area (Å²) in [4.78, 5) is 18.9. The van der Waals surface area contributed by atoms with Crippen LogP contribution in [0.4, 0.5) is 0 Å². The lowest BCUT2D eigenvalue weighted by molar-refractivity contribution is -0.127. The highest BCUT2D eigenvalue weighted by Crippen LogP contribution is 2.36. The first-order valence-corrected chi connectivity index (χ1v) is 9.72. The maximum atomic E-state index is 12.4. The van der Waals surface area contributed by atoms with Crippen molar-refractivity contribution in [2.45, 2.75) is 25.7 Å². The molecule has 148 valence electrons. The summed E-state index contributed by atoms with van der Waals surface area (Å²) in [7, 11) is 0. The molecular formula is C22H21N3O4. The average Bonchev–Trinajstić information content (AvgIpc) is 3.46. The molecule has 7 heteroatoms. The van der Waals surface area contributed by atoms with Gasteiger partial charge in [-0.3, -0.25) is 4.79 Å². The average molecular weight is 391 g/mol. The number of hydrogen-bond acceptors (Lipinski definition) is 6. The van der Waals surface area contributed by atoms with Crippen LogP contribution in [0.3, 0.4) is 0 Å². The van der Waals surface area contributed by atoms with Gasteiger partial charge in [0.2, 0.25) is 24.4 Å². The van der Waals surface area contributed by atoms with E-state index in [0.29, 0.717) is 42.7 Å². The minimum absolute atomic E-state index is 0.0734. The summed E-state index contributed by atoms with van der Waals surface area (Å²) in [6, 6.07) is 14.0. The van der Waals surface area contributed by atoms with Crippen LogP contribution < -0.4 is 9.47 Å². The lowest BCUT2D eigenvalue weighted by atomic mass is 10.1. The standard InChI is InChI=1S/C22H21N3O4/c1-14-2-4-15(5-3-14)8-9-25-12-17(11-20(25)26)22-23-21(24-29-22)16-6-7-18-19(10-16)28-13-27-18/h2-7,10,17H,8-9,11-13H2,1H3. The number of carbonyl (C=O) groups excluding carboxylic acids is 1. The molecule has 3 aromatic rings. The van der Waals surface area contributed by atoms with Gasteiger partial charge in [-0.15, -0.1) is 0 Å². The van der Waals surface area contributed by atoms with Crippen LogP contribution in [-0.4, -0.2) is 40.8 Å². The smallest absolute Gasteiger partial charge is 0.232 e. The van der Waals surface area contributed by atoms with E-state index in [9.17, 15) is 4.79 Å². The number of benzene rings is 2. The molecular weight excluding hydrogens is 370 g/mol. The Balaban J connectivity index is 1.25. The maximum Gasteiger partial charge on any atom is 0.232 e. The van der Waals surface area contributed by atoms with Crippen LogP contribution in [0.2, 0.25) is 0 Å². The Morgan fingerprint density at radius 3 is 2.79 bits per heavy atom. The second-order valence-electron chi connectivity index (χ2n) is 7.50. The van der Waals surface area contributed by atoms with Gasteiger partial charge in [-0.2, -0.15) is 4.98 Å². The summed E-state index contributed by atoms with van der Waals surface area (Å²) >= 11 is 0. The summed E-state index contributed by atoms with van der Waals surface area (Å²) < 4.78 is 16.2.